The highest BCUT2D eigenvalue weighted by molar-refractivity contribution is 9.11. The molecule has 2 rings (SSSR count). The first-order valence-electron chi connectivity index (χ1n) is 5.37. The predicted octanol–water partition coefficient (Wildman–Crippen LogP) is 1.98. The minimum atomic E-state index is -3.43. The lowest BCUT2D eigenvalue weighted by atomic mass is 9.78. The summed E-state index contributed by atoms with van der Waals surface area (Å²) < 4.78 is 27.6. The summed E-state index contributed by atoms with van der Waals surface area (Å²) in [4.78, 5) is 1.13. The predicted molar refractivity (Wildman–Crippen MR) is 72.7 cm³/mol. The fraction of sp³-hybridized carbons (Fsp3) is 0.600. The molecule has 0 aromatic carbocycles. The molecule has 96 valence electrons. The molecule has 1 saturated carbocycles. The molecule has 1 aromatic heterocycles. The van der Waals surface area contributed by atoms with Gasteiger partial charge >= 0.3 is 0 Å². The Hall–Kier alpha value is 0.0500. The van der Waals surface area contributed by atoms with Crippen molar-refractivity contribution in [2.75, 3.05) is 6.54 Å². The minimum absolute atomic E-state index is 0.322. The van der Waals surface area contributed by atoms with E-state index in [-0.39, 0.29) is 5.54 Å². The molecule has 7 heteroatoms. The number of aryl methyl sites for hydroxylation is 1. The van der Waals surface area contributed by atoms with Crippen molar-refractivity contribution in [1.29, 1.82) is 0 Å². The number of rotatable bonds is 4. The molecule has 0 bridgehead atoms. The molecular formula is C10H15BrN2O2S2. The van der Waals surface area contributed by atoms with Crippen molar-refractivity contribution in [1.82, 2.24) is 4.72 Å². The summed E-state index contributed by atoms with van der Waals surface area (Å²) in [6.45, 7) is 2.12. The molecule has 1 fully saturated rings. The highest BCUT2D eigenvalue weighted by Crippen LogP contribution is 2.31. The minimum Gasteiger partial charge on any atom is -0.324 e. The van der Waals surface area contributed by atoms with Crippen LogP contribution in [0.25, 0.3) is 0 Å². The molecule has 0 unspecified atom stereocenters. The van der Waals surface area contributed by atoms with Gasteiger partial charge in [0.05, 0.1) is 8.68 Å². The first-order chi connectivity index (χ1) is 7.82. The third kappa shape index (κ3) is 2.90. The van der Waals surface area contributed by atoms with E-state index in [1.54, 1.807) is 13.0 Å². The van der Waals surface area contributed by atoms with E-state index in [2.05, 4.69) is 20.7 Å². The van der Waals surface area contributed by atoms with Gasteiger partial charge in [-0.05, 0) is 48.2 Å². The van der Waals surface area contributed by atoms with Crippen molar-refractivity contribution in [3.8, 4) is 0 Å². The van der Waals surface area contributed by atoms with Crippen LogP contribution in [-0.4, -0.2) is 20.5 Å². The number of hydrogen-bond donors (Lipinski definition) is 2. The van der Waals surface area contributed by atoms with Gasteiger partial charge in [-0.15, -0.1) is 11.3 Å². The van der Waals surface area contributed by atoms with Gasteiger partial charge in [-0.2, -0.15) is 0 Å². The van der Waals surface area contributed by atoms with Gasteiger partial charge in [0.2, 0.25) is 10.0 Å². The lowest BCUT2D eigenvalue weighted by Crippen LogP contribution is -2.54. The number of sulfonamides is 1. The van der Waals surface area contributed by atoms with Crippen LogP contribution in [0.3, 0.4) is 0 Å². The highest BCUT2D eigenvalue weighted by Gasteiger charge is 2.34. The van der Waals surface area contributed by atoms with Crippen molar-refractivity contribution in [3.63, 3.8) is 0 Å². The molecule has 0 amide bonds. The molecule has 1 aromatic rings. The second-order valence-corrected chi connectivity index (χ2v) is 8.88. The summed E-state index contributed by atoms with van der Waals surface area (Å²) in [7, 11) is -3.43. The fourth-order valence-corrected chi connectivity index (χ4v) is 5.37. The maximum Gasteiger partial charge on any atom is 0.241 e. The van der Waals surface area contributed by atoms with Crippen LogP contribution in [0.2, 0.25) is 0 Å². The van der Waals surface area contributed by atoms with Crippen molar-refractivity contribution < 1.29 is 8.42 Å². The van der Waals surface area contributed by atoms with E-state index < -0.39 is 10.0 Å². The average Bonchev–Trinajstić information content (AvgIpc) is 2.53. The zero-order valence-electron chi connectivity index (χ0n) is 9.49. The number of halogens is 1. The number of nitrogens with one attached hydrogen (secondary N) is 1. The van der Waals surface area contributed by atoms with E-state index in [1.807, 2.05) is 0 Å². The van der Waals surface area contributed by atoms with Gasteiger partial charge in [-0.25, -0.2) is 13.1 Å². The Kier molecular flexibility index (Phi) is 3.66. The molecule has 4 nitrogen and oxygen atoms in total. The Labute approximate surface area is 114 Å². The smallest absolute Gasteiger partial charge is 0.241 e. The van der Waals surface area contributed by atoms with E-state index >= 15 is 0 Å². The lowest BCUT2D eigenvalue weighted by Gasteiger charge is -2.37. The van der Waals surface area contributed by atoms with Gasteiger partial charge in [0, 0.05) is 17.0 Å². The Morgan fingerprint density at radius 3 is 2.65 bits per heavy atom. The summed E-state index contributed by atoms with van der Waals surface area (Å²) in [6.07, 6.45) is 2.87. The average molecular weight is 339 g/mol. The van der Waals surface area contributed by atoms with Crippen LogP contribution in [0.15, 0.2) is 14.7 Å². The Bertz CT molecular complexity index is 520. The Morgan fingerprint density at radius 1 is 1.59 bits per heavy atom. The van der Waals surface area contributed by atoms with Crippen LogP contribution in [0.5, 0.6) is 0 Å². The third-order valence-corrected chi connectivity index (χ3v) is 6.31. The standard InChI is InChI=1S/C10H15BrN2O2S2/c1-7-8(5-9(11)16-7)17(14,15)13-6-10(12)3-2-4-10/h5,13H,2-4,6,12H2,1H3. The van der Waals surface area contributed by atoms with Gasteiger partial charge < -0.3 is 5.73 Å². The van der Waals surface area contributed by atoms with Gasteiger partial charge in [0.15, 0.2) is 0 Å². The SMILES string of the molecule is Cc1sc(Br)cc1S(=O)(=O)NCC1(N)CCC1. The molecule has 0 aliphatic heterocycles. The van der Waals surface area contributed by atoms with Crippen molar-refractivity contribution in [3.05, 3.63) is 14.7 Å². The van der Waals surface area contributed by atoms with Crippen molar-refractivity contribution in [2.45, 2.75) is 36.6 Å². The summed E-state index contributed by atoms with van der Waals surface area (Å²) in [6, 6.07) is 1.63. The first kappa shape index (κ1) is 13.5. The van der Waals surface area contributed by atoms with Crippen LogP contribution in [0.1, 0.15) is 24.1 Å². The second kappa shape index (κ2) is 4.62. The van der Waals surface area contributed by atoms with E-state index in [0.717, 1.165) is 27.9 Å². The third-order valence-electron chi connectivity index (χ3n) is 3.10. The van der Waals surface area contributed by atoms with Crippen molar-refractivity contribution in [2.24, 2.45) is 5.73 Å². The summed E-state index contributed by atoms with van der Waals surface area (Å²) in [5, 5.41) is 0. The molecule has 0 spiro atoms. The highest BCUT2D eigenvalue weighted by atomic mass is 79.9. The van der Waals surface area contributed by atoms with Crippen LogP contribution >= 0.6 is 27.3 Å². The van der Waals surface area contributed by atoms with Gasteiger partial charge in [0.25, 0.3) is 0 Å². The second-order valence-electron chi connectivity index (χ2n) is 4.51. The lowest BCUT2D eigenvalue weighted by molar-refractivity contribution is 0.251. The van der Waals surface area contributed by atoms with Gasteiger partial charge in [0.1, 0.15) is 0 Å². The topological polar surface area (TPSA) is 72.2 Å². The van der Waals surface area contributed by atoms with Gasteiger partial charge in [-0.3, -0.25) is 0 Å². The molecule has 1 aliphatic carbocycles. The van der Waals surface area contributed by atoms with E-state index in [9.17, 15) is 8.42 Å². The van der Waals surface area contributed by atoms with Crippen molar-refractivity contribution >= 4 is 37.3 Å². The maximum atomic E-state index is 12.1. The summed E-state index contributed by atoms with van der Waals surface area (Å²) in [5.74, 6) is 0. The molecule has 17 heavy (non-hydrogen) atoms. The molecule has 0 radical (unpaired) electrons. The number of nitrogens with two attached hydrogens (primary N) is 1. The molecule has 1 aliphatic rings. The molecule has 0 atom stereocenters. The molecule has 1 heterocycles. The van der Waals surface area contributed by atoms with E-state index in [1.165, 1.54) is 11.3 Å². The molecular weight excluding hydrogens is 324 g/mol. The Balaban J connectivity index is 2.11. The number of thiophene rings is 1. The quantitative estimate of drug-likeness (QED) is 0.881. The van der Waals surface area contributed by atoms with Crippen LogP contribution < -0.4 is 10.5 Å². The van der Waals surface area contributed by atoms with Gasteiger partial charge in [-0.1, -0.05) is 0 Å². The maximum absolute atomic E-state index is 12.1. The van der Waals surface area contributed by atoms with E-state index in [0.29, 0.717) is 11.4 Å². The number of hydrogen-bond acceptors (Lipinski definition) is 4. The normalized spacial score (nSPS) is 19.0. The zero-order chi connectivity index (χ0) is 12.7. The fourth-order valence-electron chi connectivity index (χ4n) is 1.82. The van der Waals surface area contributed by atoms with Crippen LogP contribution in [0.4, 0.5) is 0 Å². The molecule has 0 saturated heterocycles. The largest absolute Gasteiger partial charge is 0.324 e. The summed E-state index contributed by atoms with van der Waals surface area (Å²) >= 11 is 4.71. The Morgan fingerprint density at radius 2 is 2.24 bits per heavy atom. The van der Waals surface area contributed by atoms with E-state index in [4.69, 9.17) is 5.73 Å². The first-order valence-corrected chi connectivity index (χ1v) is 8.46. The zero-order valence-corrected chi connectivity index (χ0v) is 12.7. The molecule has 3 N–H and O–H groups in total. The monoisotopic (exact) mass is 338 g/mol. The van der Waals surface area contributed by atoms with Crippen LogP contribution in [0, 0.1) is 6.92 Å². The summed E-state index contributed by atoms with van der Waals surface area (Å²) in [5.41, 5.74) is 5.66. The van der Waals surface area contributed by atoms with Crippen LogP contribution in [-0.2, 0) is 10.0 Å².